The van der Waals surface area contributed by atoms with Crippen molar-refractivity contribution in [2.45, 2.75) is 5.92 Å². The highest BCUT2D eigenvalue weighted by Crippen LogP contribution is 2.44. The second kappa shape index (κ2) is 7.98. The fourth-order valence-corrected chi connectivity index (χ4v) is 3.67. The topological polar surface area (TPSA) is 124 Å². The van der Waals surface area contributed by atoms with E-state index < -0.39 is 12.1 Å². The molecule has 30 heavy (non-hydrogen) atoms. The van der Waals surface area contributed by atoms with Gasteiger partial charge in [-0.2, -0.15) is 0 Å². The summed E-state index contributed by atoms with van der Waals surface area (Å²) in [6.07, 6.45) is -0.730. The molecule has 0 unspecified atom stereocenters. The highest BCUT2D eigenvalue weighted by molar-refractivity contribution is 5.93. The molecule has 0 aliphatic heterocycles. The SMILES string of the molecule is [N-]=[N+]=Nc1cc(NC(=O)OCC2c3ccccc3-c3ccccc32)cc(C(=O)O)c1. The first-order valence-electron chi connectivity index (χ1n) is 9.12. The number of carboxylic acid groups (broad SMARTS) is 1. The zero-order valence-electron chi connectivity index (χ0n) is 15.6. The van der Waals surface area contributed by atoms with Crippen molar-refractivity contribution in [1.82, 2.24) is 0 Å². The Kier molecular flexibility index (Phi) is 5.07. The minimum Gasteiger partial charge on any atom is -0.478 e. The Labute approximate surface area is 171 Å². The van der Waals surface area contributed by atoms with Gasteiger partial charge in [0.2, 0.25) is 0 Å². The number of amides is 1. The number of azide groups is 1. The summed E-state index contributed by atoms with van der Waals surface area (Å²) in [4.78, 5) is 26.3. The van der Waals surface area contributed by atoms with Gasteiger partial charge in [0.1, 0.15) is 6.61 Å². The molecule has 0 heterocycles. The van der Waals surface area contributed by atoms with Crippen molar-refractivity contribution >= 4 is 23.4 Å². The van der Waals surface area contributed by atoms with Crippen LogP contribution >= 0.6 is 0 Å². The van der Waals surface area contributed by atoms with Crippen LogP contribution in [0.2, 0.25) is 0 Å². The lowest BCUT2D eigenvalue weighted by Gasteiger charge is -2.15. The Morgan fingerprint density at radius 2 is 1.67 bits per heavy atom. The van der Waals surface area contributed by atoms with Crippen LogP contribution in [0, 0.1) is 0 Å². The molecular formula is C22H16N4O4. The molecule has 0 saturated carbocycles. The zero-order valence-corrected chi connectivity index (χ0v) is 15.6. The Bertz CT molecular complexity index is 1140. The smallest absolute Gasteiger partial charge is 0.411 e. The number of fused-ring (bicyclic) bond motifs is 3. The fourth-order valence-electron chi connectivity index (χ4n) is 3.67. The first-order chi connectivity index (χ1) is 14.6. The highest BCUT2D eigenvalue weighted by Gasteiger charge is 2.29. The molecule has 8 nitrogen and oxygen atoms in total. The largest absolute Gasteiger partial charge is 0.478 e. The molecule has 4 rings (SSSR count). The monoisotopic (exact) mass is 400 g/mol. The molecule has 1 aliphatic carbocycles. The molecule has 3 aromatic rings. The van der Waals surface area contributed by atoms with Gasteiger partial charge in [-0.25, -0.2) is 9.59 Å². The van der Waals surface area contributed by atoms with Gasteiger partial charge < -0.3 is 9.84 Å². The third-order valence-corrected chi connectivity index (χ3v) is 4.91. The van der Waals surface area contributed by atoms with E-state index in [1.54, 1.807) is 0 Å². The van der Waals surface area contributed by atoms with Gasteiger partial charge in [0.15, 0.2) is 0 Å². The number of hydrogen-bond acceptors (Lipinski definition) is 4. The molecule has 0 saturated heterocycles. The molecule has 2 N–H and O–H groups in total. The van der Waals surface area contributed by atoms with E-state index in [0.29, 0.717) is 0 Å². The molecule has 0 spiro atoms. The number of ether oxygens (including phenoxy) is 1. The second-order valence-corrected chi connectivity index (χ2v) is 6.71. The quantitative estimate of drug-likeness (QED) is 0.324. The van der Waals surface area contributed by atoms with Gasteiger partial charge >= 0.3 is 12.1 Å². The van der Waals surface area contributed by atoms with Gasteiger partial charge in [0.05, 0.1) is 5.56 Å². The van der Waals surface area contributed by atoms with Gasteiger partial charge in [-0.15, -0.1) is 0 Å². The molecule has 0 fully saturated rings. The molecule has 3 aromatic carbocycles. The number of benzene rings is 3. The molecule has 8 heteroatoms. The Morgan fingerprint density at radius 1 is 1.03 bits per heavy atom. The van der Waals surface area contributed by atoms with Crippen LogP contribution in [-0.4, -0.2) is 23.8 Å². The summed E-state index contributed by atoms with van der Waals surface area (Å²) in [6.45, 7) is 0.127. The molecular weight excluding hydrogens is 384 g/mol. The van der Waals surface area contributed by atoms with E-state index in [1.165, 1.54) is 18.2 Å². The summed E-state index contributed by atoms with van der Waals surface area (Å²) in [7, 11) is 0. The predicted octanol–water partition coefficient (Wildman–Crippen LogP) is 5.69. The normalized spacial score (nSPS) is 11.7. The summed E-state index contributed by atoms with van der Waals surface area (Å²) in [5.41, 5.74) is 13.1. The summed E-state index contributed by atoms with van der Waals surface area (Å²) < 4.78 is 5.44. The number of nitrogens with one attached hydrogen (secondary N) is 1. The van der Waals surface area contributed by atoms with Gasteiger partial charge in [0, 0.05) is 22.2 Å². The van der Waals surface area contributed by atoms with Crippen molar-refractivity contribution in [3.8, 4) is 11.1 Å². The molecule has 148 valence electrons. The van der Waals surface area contributed by atoms with Crippen LogP contribution in [0.5, 0.6) is 0 Å². The summed E-state index contributed by atoms with van der Waals surface area (Å²) >= 11 is 0. The number of carbonyl (C=O) groups is 2. The van der Waals surface area contributed by atoms with E-state index in [-0.39, 0.29) is 29.5 Å². The number of carboxylic acids is 1. The van der Waals surface area contributed by atoms with E-state index in [0.717, 1.165) is 22.3 Å². The number of carbonyl (C=O) groups excluding carboxylic acids is 1. The average molecular weight is 400 g/mol. The molecule has 1 aliphatic rings. The van der Waals surface area contributed by atoms with Crippen LogP contribution in [-0.2, 0) is 4.74 Å². The first kappa shape index (κ1) is 19.0. The lowest BCUT2D eigenvalue weighted by Crippen LogP contribution is -2.18. The molecule has 0 bridgehead atoms. The van der Waals surface area contributed by atoms with Crippen LogP contribution in [0.1, 0.15) is 27.4 Å². The van der Waals surface area contributed by atoms with E-state index >= 15 is 0 Å². The fraction of sp³-hybridized carbons (Fsp3) is 0.0909. The van der Waals surface area contributed by atoms with Crippen molar-refractivity contribution in [2.75, 3.05) is 11.9 Å². The standard InChI is InChI=1S/C22H16N4O4/c23-26-25-15-10-13(21(27)28)9-14(11-15)24-22(29)30-12-20-18-7-3-1-5-16(18)17-6-2-4-8-19(17)20/h1-11,20H,12H2,(H,24,29)(H,27,28). The molecule has 0 aromatic heterocycles. The maximum absolute atomic E-state index is 12.4. The van der Waals surface area contributed by atoms with Crippen LogP contribution in [0.25, 0.3) is 21.6 Å². The zero-order chi connectivity index (χ0) is 21.1. The summed E-state index contributed by atoms with van der Waals surface area (Å²) in [5.74, 6) is -1.30. The lowest BCUT2D eigenvalue weighted by atomic mass is 9.98. The second-order valence-electron chi connectivity index (χ2n) is 6.71. The Hall–Kier alpha value is -4.29. The number of aromatic carboxylic acids is 1. The Morgan fingerprint density at radius 3 is 2.27 bits per heavy atom. The predicted molar refractivity (Wildman–Crippen MR) is 111 cm³/mol. The van der Waals surface area contributed by atoms with Gasteiger partial charge in [-0.05, 0) is 46.0 Å². The van der Waals surface area contributed by atoms with Crippen molar-refractivity contribution in [3.63, 3.8) is 0 Å². The molecule has 0 radical (unpaired) electrons. The van der Waals surface area contributed by atoms with E-state index in [2.05, 4.69) is 15.3 Å². The summed E-state index contributed by atoms with van der Waals surface area (Å²) in [5, 5.41) is 15.1. The number of nitrogens with zero attached hydrogens (tertiary/aromatic N) is 3. The molecule has 1 amide bonds. The van der Waals surface area contributed by atoms with Gasteiger partial charge in [0.25, 0.3) is 0 Å². The average Bonchev–Trinajstić information content (AvgIpc) is 3.06. The van der Waals surface area contributed by atoms with Gasteiger partial charge in [-0.3, -0.25) is 5.32 Å². The van der Waals surface area contributed by atoms with Crippen molar-refractivity contribution in [3.05, 3.63) is 93.9 Å². The van der Waals surface area contributed by atoms with Crippen LogP contribution in [0.3, 0.4) is 0 Å². The maximum atomic E-state index is 12.4. The minimum absolute atomic E-state index is 0.0753. The Balaban J connectivity index is 1.51. The first-order valence-corrected chi connectivity index (χ1v) is 9.12. The number of anilines is 1. The van der Waals surface area contributed by atoms with Crippen LogP contribution in [0.15, 0.2) is 71.8 Å². The minimum atomic E-state index is -1.21. The van der Waals surface area contributed by atoms with Crippen LogP contribution < -0.4 is 5.32 Å². The van der Waals surface area contributed by atoms with E-state index in [4.69, 9.17) is 10.3 Å². The van der Waals surface area contributed by atoms with Crippen molar-refractivity contribution in [1.29, 1.82) is 0 Å². The third-order valence-electron chi connectivity index (χ3n) is 4.91. The maximum Gasteiger partial charge on any atom is 0.411 e. The van der Waals surface area contributed by atoms with Gasteiger partial charge in [-0.1, -0.05) is 53.6 Å². The van der Waals surface area contributed by atoms with E-state index in [9.17, 15) is 14.7 Å². The number of hydrogen-bond donors (Lipinski definition) is 2. The van der Waals surface area contributed by atoms with Crippen molar-refractivity contribution < 1.29 is 19.4 Å². The van der Waals surface area contributed by atoms with E-state index in [1.807, 2.05) is 48.5 Å². The third kappa shape index (κ3) is 3.67. The summed E-state index contributed by atoms with van der Waals surface area (Å²) in [6, 6.07) is 19.8. The van der Waals surface area contributed by atoms with Crippen LogP contribution in [0.4, 0.5) is 16.2 Å². The highest BCUT2D eigenvalue weighted by atomic mass is 16.5. The lowest BCUT2D eigenvalue weighted by molar-refractivity contribution is 0.0696. The molecule has 0 atom stereocenters. The number of rotatable bonds is 5. The van der Waals surface area contributed by atoms with Crippen molar-refractivity contribution in [2.24, 2.45) is 5.11 Å².